The van der Waals surface area contributed by atoms with Gasteiger partial charge in [0, 0.05) is 6.61 Å². The molecule has 3 rings (SSSR count). The number of rotatable bonds is 1. The first-order valence-electron chi connectivity index (χ1n) is 5.43. The summed E-state index contributed by atoms with van der Waals surface area (Å²) < 4.78 is 7.56. The highest BCUT2D eigenvalue weighted by Gasteiger charge is 2.20. The molecule has 17 heavy (non-hydrogen) atoms. The van der Waals surface area contributed by atoms with Gasteiger partial charge in [-0.15, -0.1) is 0 Å². The average molecular weight is 273 g/mol. The van der Waals surface area contributed by atoms with Crippen LogP contribution < -0.4 is 0 Å². The van der Waals surface area contributed by atoms with Crippen LogP contribution in [0.15, 0.2) is 6.33 Å². The highest BCUT2D eigenvalue weighted by Crippen LogP contribution is 2.28. The lowest BCUT2D eigenvalue weighted by Crippen LogP contribution is -2.17. The highest BCUT2D eigenvalue weighted by molar-refractivity contribution is 6.35. The highest BCUT2D eigenvalue weighted by atomic mass is 35.5. The molecule has 2 aromatic heterocycles. The second-order valence-electron chi connectivity index (χ2n) is 3.93. The van der Waals surface area contributed by atoms with Gasteiger partial charge in [0.1, 0.15) is 11.7 Å². The maximum Gasteiger partial charge on any atom is 0.225 e. The van der Waals surface area contributed by atoms with Crippen LogP contribution in [0.5, 0.6) is 0 Å². The van der Waals surface area contributed by atoms with Crippen LogP contribution in [0, 0.1) is 0 Å². The SMILES string of the molecule is Clc1nc(Cl)c2ncn([C@H]3CCCCO3)c2n1. The van der Waals surface area contributed by atoms with E-state index >= 15 is 0 Å². The van der Waals surface area contributed by atoms with Crippen molar-refractivity contribution in [1.82, 2.24) is 19.5 Å². The Labute approximate surface area is 108 Å². The summed E-state index contributed by atoms with van der Waals surface area (Å²) in [4.78, 5) is 12.2. The van der Waals surface area contributed by atoms with Crippen molar-refractivity contribution in [1.29, 1.82) is 0 Å². The maximum absolute atomic E-state index is 5.96. The molecule has 1 aliphatic heterocycles. The van der Waals surface area contributed by atoms with Gasteiger partial charge in [0.2, 0.25) is 5.28 Å². The van der Waals surface area contributed by atoms with Crippen molar-refractivity contribution >= 4 is 34.4 Å². The smallest absolute Gasteiger partial charge is 0.225 e. The molecule has 0 bridgehead atoms. The predicted molar refractivity (Wildman–Crippen MR) is 64.2 cm³/mol. The Hall–Kier alpha value is -0.910. The Bertz CT molecular complexity index is 550. The average Bonchev–Trinajstić information content (AvgIpc) is 2.74. The topological polar surface area (TPSA) is 52.8 Å². The van der Waals surface area contributed by atoms with Crippen molar-refractivity contribution in [3.05, 3.63) is 16.8 Å². The number of hydrogen-bond acceptors (Lipinski definition) is 4. The monoisotopic (exact) mass is 272 g/mol. The summed E-state index contributed by atoms with van der Waals surface area (Å²) in [5, 5.41) is 0.398. The summed E-state index contributed by atoms with van der Waals surface area (Å²) in [5.74, 6) is 0. The van der Waals surface area contributed by atoms with E-state index in [0.29, 0.717) is 11.2 Å². The minimum Gasteiger partial charge on any atom is -0.358 e. The van der Waals surface area contributed by atoms with E-state index in [0.717, 1.165) is 25.9 Å². The number of fused-ring (bicyclic) bond motifs is 1. The van der Waals surface area contributed by atoms with Crippen molar-refractivity contribution in [2.45, 2.75) is 25.5 Å². The van der Waals surface area contributed by atoms with Crippen LogP contribution >= 0.6 is 23.2 Å². The molecule has 0 unspecified atom stereocenters. The number of halogens is 2. The largest absolute Gasteiger partial charge is 0.358 e. The van der Waals surface area contributed by atoms with Crippen LogP contribution in [-0.4, -0.2) is 26.1 Å². The number of nitrogens with zero attached hydrogens (tertiary/aromatic N) is 4. The van der Waals surface area contributed by atoms with Gasteiger partial charge in [0.15, 0.2) is 10.8 Å². The molecule has 0 N–H and O–H groups in total. The fourth-order valence-electron chi connectivity index (χ4n) is 2.01. The van der Waals surface area contributed by atoms with E-state index in [9.17, 15) is 0 Å². The van der Waals surface area contributed by atoms with Gasteiger partial charge in [0.05, 0.1) is 6.33 Å². The number of imidazole rings is 1. The Balaban J connectivity index is 2.10. The third kappa shape index (κ3) is 1.99. The number of aromatic nitrogens is 4. The lowest BCUT2D eigenvalue weighted by Gasteiger charge is -2.23. The van der Waals surface area contributed by atoms with E-state index < -0.39 is 0 Å². The van der Waals surface area contributed by atoms with Crippen molar-refractivity contribution in [2.75, 3.05) is 6.61 Å². The Morgan fingerprint density at radius 3 is 2.94 bits per heavy atom. The molecular weight excluding hydrogens is 263 g/mol. The van der Waals surface area contributed by atoms with Gasteiger partial charge in [-0.1, -0.05) is 11.6 Å². The summed E-state index contributed by atoms with van der Waals surface area (Å²) in [6, 6.07) is 0. The molecule has 1 atom stereocenters. The van der Waals surface area contributed by atoms with Crippen LogP contribution in [0.3, 0.4) is 0 Å². The molecule has 0 aromatic carbocycles. The molecular formula is C10H10Cl2N4O. The van der Waals surface area contributed by atoms with E-state index in [1.54, 1.807) is 6.33 Å². The zero-order valence-electron chi connectivity index (χ0n) is 8.94. The molecule has 2 aromatic rings. The van der Waals surface area contributed by atoms with Crippen molar-refractivity contribution < 1.29 is 4.74 Å². The van der Waals surface area contributed by atoms with Gasteiger partial charge in [-0.3, -0.25) is 4.57 Å². The number of hydrogen-bond donors (Lipinski definition) is 0. The zero-order chi connectivity index (χ0) is 11.8. The normalized spacial score (nSPS) is 20.9. The molecule has 3 heterocycles. The minimum absolute atomic E-state index is 0.0317. The van der Waals surface area contributed by atoms with Gasteiger partial charge in [-0.25, -0.2) is 9.97 Å². The van der Waals surface area contributed by atoms with E-state index in [4.69, 9.17) is 27.9 Å². The van der Waals surface area contributed by atoms with Gasteiger partial charge < -0.3 is 4.74 Å². The molecule has 5 nitrogen and oxygen atoms in total. The van der Waals surface area contributed by atoms with E-state index in [1.165, 1.54) is 0 Å². The van der Waals surface area contributed by atoms with Gasteiger partial charge in [0.25, 0.3) is 0 Å². The summed E-state index contributed by atoms with van der Waals surface area (Å²) >= 11 is 11.8. The molecule has 1 fully saturated rings. The van der Waals surface area contributed by atoms with Crippen LogP contribution in [-0.2, 0) is 4.74 Å². The van der Waals surface area contributed by atoms with Gasteiger partial charge >= 0.3 is 0 Å². The summed E-state index contributed by atoms with van der Waals surface area (Å²) in [6.07, 6.45) is 4.83. The molecule has 0 amide bonds. The van der Waals surface area contributed by atoms with Crippen molar-refractivity contribution in [2.24, 2.45) is 0 Å². The molecule has 0 aliphatic carbocycles. The quantitative estimate of drug-likeness (QED) is 0.592. The van der Waals surface area contributed by atoms with E-state index in [-0.39, 0.29) is 16.7 Å². The third-order valence-electron chi connectivity index (χ3n) is 2.82. The number of ether oxygens (including phenoxy) is 1. The predicted octanol–water partition coefficient (Wildman–Crippen LogP) is 2.83. The maximum atomic E-state index is 5.96. The molecule has 1 saturated heterocycles. The van der Waals surface area contributed by atoms with E-state index in [1.807, 2.05) is 4.57 Å². The van der Waals surface area contributed by atoms with Crippen LogP contribution in [0.4, 0.5) is 0 Å². The lowest BCUT2D eigenvalue weighted by atomic mass is 10.2. The Morgan fingerprint density at radius 1 is 1.29 bits per heavy atom. The third-order valence-corrected chi connectivity index (χ3v) is 3.25. The summed E-state index contributed by atoms with van der Waals surface area (Å²) in [5.41, 5.74) is 1.19. The first kappa shape index (κ1) is 11.2. The van der Waals surface area contributed by atoms with Crippen LogP contribution in [0.25, 0.3) is 11.2 Å². The summed E-state index contributed by atoms with van der Waals surface area (Å²) in [6.45, 7) is 0.761. The van der Waals surface area contributed by atoms with E-state index in [2.05, 4.69) is 15.0 Å². The molecule has 0 radical (unpaired) electrons. The molecule has 0 saturated carbocycles. The lowest BCUT2D eigenvalue weighted by molar-refractivity contribution is -0.0298. The first-order chi connectivity index (χ1) is 8.25. The van der Waals surface area contributed by atoms with Crippen molar-refractivity contribution in [3.8, 4) is 0 Å². The van der Waals surface area contributed by atoms with Crippen LogP contribution in [0.2, 0.25) is 10.4 Å². The van der Waals surface area contributed by atoms with Gasteiger partial charge in [-0.05, 0) is 30.9 Å². The molecule has 1 aliphatic rings. The first-order valence-corrected chi connectivity index (χ1v) is 6.18. The summed E-state index contributed by atoms with van der Waals surface area (Å²) in [7, 11) is 0. The molecule has 90 valence electrons. The molecule has 7 heteroatoms. The second-order valence-corrected chi connectivity index (χ2v) is 4.62. The van der Waals surface area contributed by atoms with Crippen LogP contribution in [0.1, 0.15) is 25.5 Å². The fraction of sp³-hybridized carbons (Fsp3) is 0.500. The molecule has 0 spiro atoms. The minimum atomic E-state index is -0.0317. The Kier molecular flexibility index (Phi) is 2.90. The van der Waals surface area contributed by atoms with Crippen molar-refractivity contribution in [3.63, 3.8) is 0 Å². The second kappa shape index (κ2) is 4.40. The Morgan fingerprint density at radius 2 is 2.18 bits per heavy atom. The fourth-order valence-corrected chi connectivity index (χ4v) is 2.43. The standard InChI is InChI=1S/C10H10Cl2N4O/c11-8-7-9(15-10(12)14-8)16(5-13-7)6-3-1-2-4-17-6/h5-6H,1-4H2/t6-/m1/s1. The zero-order valence-corrected chi connectivity index (χ0v) is 10.4. The van der Waals surface area contributed by atoms with Gasteiger partial charge in [-0.2, -0.15) is 4.98 Å².